The second-order valence-electron chi connectivity index (χ2n) is 4.72. The summed E-state index contributed by atoms with van der Waals surface area (Å²) < 4.78 is 13.8. The molecular formula is C14H17BrFNO3. The van der Waals surface area contributed by atoms with E-state index in [-0.39, 0.29) is 23.9 Å². The summed E-state index contributed by atoms with van der Waals surface area (Å²) in [6.45, 7) is 4.02. The molecular weight excluding hydrogens is 329 g/mol. The van der Waals surface area contributed by atoms with E-state index in [1.807, 2.05) is 13.8 Å². The monoisotopic (exact) mass is 345 g/mol. The van der Waals surface area contributed by atoms with Crippen LogP contribution < -0.4 is 0 Å². The number of carboxylic acids is 1. The van der Waals surface area contributed by atoms with Crippen molar-refractivity contribution in [3.8, 4) is 0 Å². The van der Waals surface area contributed by atoms with Gasteiger partial charge in [-0.05, 0) is 54.4 Å². The normalized spacial score (nSPS) is 10.7. The largest absolute Gasteiger partial charge is 0.481 e. The highest BCUT2D eigenvalue weighted by Gasteiger charge is 2.19. The zero-order valence-electron chi connectivity index (χ0n) is 11.4. The van der Waals surface area contributed by atoms with E-state index >= 15 is 0 Å². The maximum atomic E-state index is 13.5. The van der Waals surface area contributed by atoms with Gasteiger partial charge in [0.05, 0.1) is 4.47 Å². The number of rotatable bonds is 6. The van der Waals surface area contributed by atoms with Crippen LogP contribution in [0.3, 0.4) is 0 Å². The fourth-order valence-corrected chi connectivity index (χ4v) is 2.04. The number of nitrogens with zero attached hydrogens (tertiary/aromatic N) is 1. The third kappa shape index (κ3) is 4.59. The number of benzene rings is 1. The molecule has 0 saturated carbocycles. The van der Waals surface area contributed by atoms with Crippen LogP contribution >= 0.6 is 15.9 Å². The predicted molar refractivity (Wildman–Crippen MR) is 77.1 cm³/mol. The predicted octanol–water partition coefficient (Wildman–Crippen LogP) is 3.30. The highest BCUT2D eigenvalue weighted by molar-refractivity contribution is 9.10. The van der Waals surface area contributed by atoms with E-state index in [9.17, 15) is 14.0 Å². The van der Waals surface area contributed by atoms with Crippen LogP contribution in [0.5, 0.6) is 0 Å². The summed E-state index contributed by atoms with van der Waals surface area (Å²) in [5, 5.41) is 8.63. The Morgan fingerprint density at radius 3 is 2.55 bits per heavy atom. The Morgan fingerprint density at radius 2 is 2.05 bits per heavy atom. The zero-order chi connectivity index (χ0) is 15.3. The Bertz CT molecular complexity index is 505. The first kappa shape index (κ1) is 16.6. The second kappa shape index (κ2) is 7.38. The van der Waals surface area contributed by atoms with Gasteiger partial charge in [-0.3, -0.25) is 9.59 Å². The van der Waals surface area contributed by atoms with Gasteiger partial charge in [-0.25, -0.2) is 4.39 Å². The van der Waals surface area contributed by atoms with Gasteiger partial charge >= 0.3 is 5.97 Å². The number of hydrogen-bond donors (Lipinski definition) is 1. The molecule has 0 aliphatic heterocycles. The van der Waals surface area contributed by atoms with Gasteiger partial charge in [0.2, 0.25) is 0 Å². The minimum atomic E-state index is -0.893. The van der Waals surface area contributed by atoms with Crippen LogP contribution in [0.4, 0.5) is 4.39 Å². The number of amides is 1. The molecule has 1 aromatic carbocycles. The van der Waals surface area contributed by atoms with Crippen molar-refractivity contribution in [1.82, 2.24) is 4.90 Å². The van der Waals surface area contributed by atoms with Gasteiger partial charge in [0.15, 0.2) is 0 Å². The summed E-state index contributed by atoms with van der Waals surface area (Å²) in [5.41, 5.74) is 0.259. The second-order valence-corrected chi connectivity index (χ2v) is 5.57. The molecule has 0 spiro atoms. The molecule has 6 heteroatoms. The third-order valence-corrected chi connectivity index (χ3v) is 3.48. The number of halogens is 2. The summed E-state index contributed by atoms with van der Waals surface area (Å²) in [7, 11) is 0. The van der Waals surface area contributed by atoms with Crippen LogP contribution in [0.15, 0.2) is 22.7 Å². The Morgan fingerprint density at radius 1 is 1.40 bits per heavy atom. The molecule has 0 aliphatic carbocycles. The molecule has 1 amide bonds. The summed E-state index contributed by atoms with van der Waals surface area (Å²) in [6.07, 6.45) is 0.378. The Hall–Kier alpha value is -1.43. The number of carbonyl (C=O) groups excluding carboxylic acids is 1. The van der Waals surface area contributed by atoms with Crippen molar-refractivity contribution in [1.29, 1.82) is 0 Å². The van der Waals surface area contributed by atoms with Gasteiger partial charge in [-0.2, -0.15) is 0 Å². The molecule has 0 fully saturated rings. The lowest BCUT2D eigenvalue weighted by molar-refractivity contribution is -0.137. The first-order valence-electron chi connectivity index (χ1n) is 6.30. The quantitative estimate of drug-likeness (QED) is 0.860. The van der Waals surface area contributed by atoms with Crippen molar-refractivity contribution in [3.63, 3.8) is 0 Å². The maximum Gasteiger partial charge on any atom is 0.303 e. The number of carboxylic acid groups (broad SMARTS) is 1. The smallest absolute Gasteiger partial charge is 0.303 e. The molecule has 0 radical (unpaired) electrons. The third-order valence-electron chi connectivity index (χ3n) is 2.84. The van der Waals surface area contributed by atoms with Crippen molar-refractivity contribution in [3.05, 3.63) is 34.1 Å². The average molecular weight is 346 g/mol. The van der Waals surface area contributed by atoms with E-state index in [1.165, 1.54) is 12.1 Å². The lowest BCUT2D eigenvalue weighted by Crippen LogP contribution is -2.38. The molecule has 0 atom stereocenters. The zero-order valence-corrected chi connectivity index (χ0v) is 13.0. The van der Waals surface area contributed by atoms with E-state index in [0.717, 1.165) is 0 Å². The van der Waals surface area contributed by atoms with Gasteiger partial charge in [0, 0.05) is 24.6 Å². The standard InChI is InChI=1S/C14H17BrFNO3/c1-9(2)17(7-3-4-13(18)19)14(20)10-5-6-11(15)12(16)8-10/h5-6,8-9H,3-4,7H2,1-2H3,(H,18,19). The summed E-state index contributed by atoms with van der Waals surface area (Å²) >= 11 is 3.04. The van der Waals surface area contributed by atoms with Crippen LogP contribution in [-0.4, -0.2) is 34.5 Å². The first-order chi connectivity index (χ1) is 9.32. The molecule has 1 N–H and O–H groups in total. The van der Waals surface area contributed by atoms with Gasteiger partial charge in [0.1, 0.15) is 5.82 Å². The van der Waals surface area contributed by atoms with Gasteiger partial charge in [-0.15, -0.1) is 0 Å². The van der Waals surface area contributed by atoms with Gasteiger partial charge in [0.25, 0.3) is 5.91 Å². The van der Waals surface area contributed by atoms with Crippen molar-refractivity contribution in [2.45, 2.75) is 32.7 Å². The molecule has 20 heavy (non-hydrogen) atoms. The van der Waals surface area contributed by atoms with Crippen LogP contribution in [0, 0.1) is 5.82 Å². The molecule has 0 saturated heterocycles. The molecule has 110 valence electrons. The van der Waals surface area contributed by atoms with Crippen LogP contribution in [0.1, 0.15) is 37.0 Å². The highest BCUT2D eigenvalue weighted by atomic mass is 79.9. The molecule has 0 aromatic heterocycles. The fourth-order valence-electron chi connectivity index (χ4n) is 1.79. The van der Waals surface area contributed by atoms with Crippen molar-refractivity contribution in [2.75, 3.05) is 6.54 Å². The Kier molecular flexibility index (Phi) is 6.13. The SMILES string of the molecule is CC(C)N(CCCC(=O)O)C(=O)c1ccc(Br)c(F)c1. The molecule has 1 aromatic rings. The van der Waals surface area contributed by atoms with E-state index < -0.39 is 11.8 Å². The van der Waals surface area contributed by atoms with Crippen LogP contribution in [0.25, 0.3) is 0 Å². The van der Waals surface area contributed by atoms with Crippen molar-refractivity contribution in [2.24, 2.45) is 0 Å². The van der Waals surface area contributed by atoms with Gasteiger partial charge in [-0.1, -0.05) is 0 Å². The van der Waals surface area contributed by atoms with Crippen molar-refractivity contribution < 1.29 is 19.1 Å². The first-order valence-corrected chi connectivity index (χ1v) is 7.10. The Balaban J connectivity index is 2.82. The number of aliphatic carboxylic acids is 1. The number of carbonyl (C=O) groups is 2. The minimum Gasteiger partial charge on any atom is -0.481 e. The molecule has 1 rings (SSSR count). The molecule has 0 aliphatic rings. The van der Waals surface area contributed by atoms with E-state index in [4.69, 9.17) is 5.11 Å². The van der Waals surface area contributed by atoms with Crippen LogP contribution in [-0.2, 0) is 4.79 Å². The lowest BCUT2D eigenvalue weighted by Gasteiger charge is -2.26. The topological polar surface area (TPSA) is 57.6 Å². The maximum absolute atomic E-state index is 13.5. The lowest BCUT2D eigenvalue weighted by atomic mass is 10.1. The average Bonchev–Trinajstić information content (AvgIpc) is 2.36. The van der Waals surface area contributed by atoms with Gasteiger partial charge < -0.3 is 10.0 Å². The van der Waals surface area contributed by atoms with E-state index in [1.54, 1.807) is 11.0 Å². The summed E-state index contributed by atoms with van der Waals surface area (Å²) in [6, 6.07) is 4.13. The van der Waals surface area contributed by atoms with E-state index in [2.05, 4.69) is 15.9 Å². The molecule has 4 nitrogen and oxygen atoms in total. The molecule has 0 bridgehead atoms. The Labute approximate surface area is 125 Å². The number of hydrogen-bond acceptors (Lipinski definition) is 2. The van der Waals surface area contributed by atoms with Crippen LogP contribution in [0.2, 0.25) is 0 Å². The summed E-state index contributed by atoms with van der Waals surface area (Å²) in [4.78, 5) is 24.4. The molecule has 0 heterocycles. The van der Waals surface area contributed by atoms with Crippen molar-refractivity contribution >= 4 is 27.8 Å². The highest BCUT2D eigenvalue weighted by Crippen LogP contribution is 2.18. The minimum absolute atomic E-state index is 0.00516. The fraction of sp³-hybridized carbons (Fsp3) is 0.429. The molecule has 0 unspecified atom stereocenters. The summed E-state index contributed by atoms with van der Waals surface area (Å²) in [5.74, 6) is -1.68. The van der Waals surface area contributed by atoms with E-state index in [0.29, 0.717) is 17.4 Å².